The third-order valence-electron chi connectivity index (χ3n) is 4.52. The predicted molar refractivity (Wildman–Crippen MR) is 92.4 cm³/mol. The molecule has 1 saturated carbocycles. The van der Waals surface area contributed by atoms with Gasteiger partial charge in [-0.3, -0.25) is 0 Å². The van der Waals surface area contributed by atoms with Crippen molar-refractivity contribution in [3.05, 3.63) is 29.8 Å². The topological polar surface area (TPSA) is 12.0 Å². The van der Waals surface area contributed by atoms with Crippen LogP contribution in [0.2, 0.25) is 19.6 Å². The Morgan fingerprint density at radius 3 is 2.00 bits per heavy atom. The van der Waals surface area contributed by atoms with Gasteiger partial charge in [-0.2, -0.15) is 0 Å². The maximum atomic E-state index is 3.78. The van der Waals surface area contributed by atoms with Gasteiger partial charge in [-0.1, -0.05) is 81.2 Å². The lowest BCUT2D eigenvalue weighted by molar-refractivity contribution is 0.389. The summed E-state index contributed by atoms with van der Waals surface area (Å²) in [6.45, 7) is 8.27. The summed E-state index contributed by atoms with van der Waals surface area (Å²) in [7, 11) is -1.14. The van der Waals surface area contributed by atoms with Crippen molar-refractivity contribution < 1.29 is 0 Å². The molecular formula is C18H31NSi. The third-order valence-corrected chi connectivity index (χ3v) is 6.59. The van der Waals surface area contributed by atoms with Crippen molar-refractivity contribution in [1.29, 1.82) is 0 Å². The molecule has 0 radical (unpaired) electrons. The molecule has 1 fully saturated rings. The predicted octanol–water partition coefficient (Wildman–Crippen LogP) is 4.43. The molecule has 2 heteroatoms. The van der Waals surface area contributed by atoms with E-state index in [0.29, 0.717) is 0 Å². The molecule has 1 aromatic carbocycles. The van der Waals surface area contributed by atoms with Crippen molar-refractivity contribution in [1.82, 2.24) is 5.32 Å². The van der Waals surface area contributed by atoms with E-state index < -0.39 is 8.07 Å². The first-order valence-electron chi connectivity index (χ1n) is 8.38. The van der Waals surface area contributed by atoms with Crippen molar-refractivity contribution in [3.63, 3.8) is 0 Å². The third kappa shape index (κ3) is 5.06. The fourth-order valence-electron chi connectivity index (χ4n) is 3.05. The van der Waals surface area contributed by atoms with E-state index >= 15 is 0 Å². The van der Waals surface area contributed by atoms with Gasteiger partial charge in [0.1, 0.15) is 0 Å². The van der Waals surface area contributed by atoms with Gasteiger partial charge in [0.05, 0.1) is 8.07 Å². The summed E-state index contributed by atoms with van der Waals surface area (Å²) in [6, 6.07) is 10.1. The van der Waals surface area contributed by atoms with Crippen molar-refractivity contribution in [3.8, 4) is 0 Å². The Bertz CT molecular complexity index is 383. The molecule has 1 aliphatic rings. The van der Waals surface area contributed by atoms with Gasteiger partial charge in [0, 0.05) is 12.6 Å². The van der Waals surface area contributed by atoms with E-state index in [-0.39, 0.29) is 0 Å². The molecule has 1 nitrogen and oxygen atoms in total. The molecule has 2 rings (SSSR count). The zero-order valence-electron chi connectivity index (χ0n) is 13.5. The summed E-state index contributed by atoms with van der Waals surface area (Å²) < 4.78 is 0. The van der Waals surface area contributed by atoms with Crippen LogP contribution >= 0.6 is 0 Å². The van der Waals surface area contributed by atoms with E-state index in [9.17, 15) is 0 Å². The molecule has 1 aliphatic carbocycles. The Kier molecular flexibility index (Phi) is 5.85. The van der Waals surface area contributed by atoms with Crippen LogP contribution < -0.4 is 10.5 Å². The SMILES string of the molecule is C[Si](C)(C)c1ccc(CNC2CCCCCCC2)cc1. The zero-order valence-corrected chi connectivity index (χ0v) is 14.5. The fraction of sp³-hybridized carbons (Fsp3) is 0.667. The summed E-state index contributed by atoms with van der Waals surface area (Å²) in [5.74, 6) is 0. The molecule has 1 aromatic rings. The van der Waals surface area contributed by atoms with Gasteiger partial charge in [0.2, 0.25) is 0 Å². The van der Waals surface area contributed by atoms with E-state index in [2.05, 4.69) is 49.2 Å². The number of nitrogens with one attached hydrogen (secondary N) is 1. The van der Waals surface area contributed by atoms with Crippen LogP contribution in [0.4, 0.5) is 0 Å². The number of benzene rings is 1. The molecule has 112 valence electrons. The van der Waals surface area contributed by atoms with Crippen molar-refractivity contribution >= 4 is 13.3 Å². The summed E-state index contributed by atoms with van der Waals surface area (Å²) in [6.07, 6.45) is 9.87. The molecule has 0 spiro atoms. The minimum absolute atomic E-state index is 0.743. The molecular weight excluding hydrogens is 258 g/mol. The van der Waals surface area contributed by atoms with E-state index in [1.807, 2.05) is 0 Å². The van der Waals surface area contributed by atoms with Gasteiger partial charge >= 0.3 is 0 Å². The number of hydrogen-bond acceptors (Lipinski definition) is 1. The summed E-state index contributed by atoms with van der Waals surface area (Å²) in [4.78, 5) is 0. The quantitative estimate of drug-likeness (QED) is 0.808. The second-order valence-electron chi connectivity index (χ2n) is 7.37. The highest BCUT2D eigenvalue weighted by Gasteiger charge is 2.16. The minimum atomic E-state index is -1.14. The standard InChI is InChI=1S/C18H31NSi/c1-20(2,3)18-13-11-16(12-14-18)15-19-17-9-7-5-4-6-8-10-17/h11-14,17,19H,4-10,15H2,1-3H3. The molecule has 0 unspecified atom stereocenters. The minimum Gasteiger partial charge on any atom is -0.310 e. The Labute approximate surface area is 126 Å². The Balaban J connectivity index is 1.83. The first-order chi connectivity index (χ1) is 9.55. The summed E-state index contributed by atoms with van der Waals surface area (Å²) in [5, 5.41) is 5.34. The number of hydrogen-bond donors (Lipinski definition) is 1. The normalized spacial score (nSPS) is 18.6. The van der Waals surface area contributed by atoms with Crippen LogP contribution in [0.5, 0.6) is 0 Å². The number of rotatable bonds is 4. The lowest BCUT2D eigenvalue weighted by Crippen LogP contribution is -2.37. The molecule has 0 bridgehead atoms. The first-order valence-corrected chi connectivity index (χ1v) is 11.9. The zero-order chi connectivity index (χ0) is 14.4. The second kappa shape index (κ2) is 7.42. The van der Waals surface area contributed by atoms with Crippen molar-refractivity contribution in [2.45, 2.75) is 77.2 Å². The van der Waals surface area contributed by atoms with E-state index in [0.717, 1.165) is 12.6 Å². The molecule has 20 heavy (non-hydrogen) atoms. The van der Waals surface area contributed by atoms with Gasteiger partial charge in [-0.25, -0.2) is 0 Å². The van der Waals surface area contributed by atoms with Gasteiger partial charge in [-0.15, -0.1) is 0 Å². The van der Waals surface area contributed by atoms with Crippen molar-refractivity contribution in [2.24, 2.45) is 0 Å². The highest BCUT2D eigenvalue weighted by molar-refractivity contribution is 6.88. The average Bonchev–Trinajstić information content (AvgIpc) is 2.37. The van der Waals surface area contributed by atoms with Crippen LogP contribution in [0.15, 0.2) is 24.3 Å². The second-order valence-corrected chi connectivity index (χ2v) is 12.4. The molecule has 0 heterocycles. The highest BCUT2D eigenvalue weighted by atomic mass is 28.3. The molecule has 0 aromatic heterocycles. The van der Waals surface area contributed by atoms with Crippen LogP contribution in [0, 0.1) is 0 Å². The van der Waals surface area contributed by atoms with Crippen LogP contribution in [-0.2, 0) is 6.54 Å². The van der Waals surface area contributed by atoms with Crippen LogP contribution in [0.25, 0.3) is 0 Å². The fourth-order valence-corrected chi connectivity index (χ4v) is 4.21. The highest BCUT2D eigenvalue weighted by Crippen LogP contribution is 2.17. The Morgan fingerprint density at radius 2 is 1.45 bits per heavy atom. The van der Waals surface area contributed by atoms with Gasteiger partial charge in [0.25, 0.3) is 0 Å². The summed E-state index contributed by atoms with van der Waals surface area (Å²) in [5.41, 5.74) is 1.44. The van der Waals surface area contributed by atoms with E-state index in [1.165, 1.54) is 50.5 Å². The maximum Gasteiger partial charge on any atom is 0.0775 e. The van der Waals surface area contributed by atoms with Gasteiger partial charge < -0.3 is 5.32 Å². The van der Waals surface area contributed by atoms with Crippen LogP contribution in [-0.4, -0.2) is 14.1 Å². The van der Waals surface area contributed by atoms with Crippen molar-refractivity contribution in [2.75, 3.05) is 0 Å². The molecule has 0 aliphatic heterocycles. The lowest BCUT2D eigenvalue weighted by atomic mass is 9.96. The lowest BCUT2D eigenvalue weighted by Gasteiger charge is -2.21. The van der Waals surface area contributed by atoms with Gasteiger partial charge in [-0.05, 0) is 18.4 Å². The average molecular weight is 290 g/mol. The monoisotopic (exact) mass is 289 g/mol. The Morgan fingerprint density at radius 1 is 0.900 bits per heavy atom. The van der Waals surface area contributed by atoms with Crippen LogP contribution in [0.1, 0.15) is 50.5 Å². The van der Waals surface area contributed by atoms with E-state index in [1.54, 1.807) is 5.19 Å². The van der Waals surface area contributed by atoms with E-state index in [4.69, 9.17) is 0 Å². The van der Waals surface area contributed by atoms with Gasteiger partial charge in [0.15, 0.2) is 0 Å². The molecule has 1 N–H and O–H groups in total. The smallest absolute Gasteiger partial charge is 0.0775 e. The maximum absolute atomic E-state index is 3.78. The first kappa shape index (κ1) is 15.8. The van der Waals surface area contributed by atoms with Crippen LogP contribution in [0.3, 0.4) is 0 Å². The Hall–Kier alpha value is -0.603. The summed E-state index contributed by atoms with van der Waals surface area (Å²) >= 11 is 0. The largest absolute Gasteiger partial charge is 0.310 e. The molecule has 0 amide bonds. The molecule has 0 atom stereocenters. The molecule has 0 saturated heterocycles.